The van der Waals surface area contributed by atoms with E-state index in [9.17, 15) is 14.7 Å². The molecule has 2 aromatic rings. The van der Waals surface area contributed by atoms with Crippen LogP contribution >= 0.6 is 11.5 Å². The Morgan fingerprint density at radius 3 is 2.74 bits per heavy atom. The molecule has 8 heteroatoms. The lowest BCUT2D eigenvalue weighted by Crippen LogP contribution is -2.45. The van der Waals surface area contributed by atoms with Crippen LogP contribution in [0.2, 0.25) is 0 Å². The molecule has 2 rings (SSSR count). The number of nitrogens with zero attached hydrogens (tertiary/aromatic N) is 2. The third kappa shape index (κ3) is 3.84. The Morgan fingerprint density at radius 1 is 1.43 bits per heavy atom. The number of ether oxygens (including phenoxy) is 1. The summed E-state index contributed by atoms with van der Waals surface area (Å²) in [6, 6.07) is 6.97. The van der Waals surface area contributed by atoms with Crippen molar-refractivity contribution >= 4 is 23.4 Å². The van der Waals surface area contributed by atoms with Crippen molar-refractivity contribution in [3.05, 3.63) is 40.4 Å². The van der Waals surface area contributed by atoms with Crippen LogP contribution in [0, 0.1) is 6.92 Å². The second kappa shape index (κ2) is 6.74. The second-order valence-electron chi connectivity index (χ2n) is 5.28. The third-order valence-corrected chi connectivity index (χ3v) is 4.29. The Hall–Kier alpha value is -2.48. The Kier molecular flexibility index (Phi) is 4.95. The van der Waals surface area contributed by atoms with Crippen LogP contribution in [-0.4, -0.2) is 33.7 Å². The number of nitrogens with one attached hydrogen (secondary N) is 1. The molecule has 1 unspecified atom stereocenters. The van der Waals surface area contributed by atoms with Crippen molar-refractivity contribution in [1.29, 1.82) is 0 Å². The van der Waals surface area contributed by atoms with Gasteiger partial charge < -0.3 is 15.2 Å². The molecule has 0 spiro atoms. The third-order valence-electron chi connectivity index (χ3n) is 3.46. The fraction of sp³-hybridized carbons (Fsp3) is 0.333. The summed E-state index contributed by atoms with van der Waals surface area (Å²) in [7, 11) is 1.53. The molecule has 7 nitrogen and oxygen atoms in total. The molecule has 2 N–H and O–H groups in total. The van der Waals surface area contributed by atoms with Gasteiger partial charge in [0, 0.05) is 0 Å². The van der Waals surface area contributed by atoms with Gasteiger partial charge in [-0.25, -0.2) is 0 Å². The maximum Gasteiger partial charge on any atom is 0.306 e. The van der Waals surface area contributed by atoms with Crippen molar-refractivity contribution in [3.63, 3.8) is 0 Å². The summed E-state index contributed by atoms with van der Waals surface area (Å²) in [5.74, 6) is -0.831. The number of hydrogen-bond donors (Lipinski definition) is 2. The number of aliphatic carboxylic acids is 1. The lowest BCUT2D eigenvalue weighted by Gasteiger charge is -2.30. The standard InChI is InChI=1S/C15H17N3O4S/c1-9-13(23-18-17-9)14(21)16-15(2,8-12(19)20)10-5-4-6-11(7-10)22-3/h4-7H,8H2,1-3H3,(H,16,21)(H,19,20). The molecule has 0 saturated carbocycles. The fourth-order valence-electron chi connectivity index (χ4n) is 2.23. The topological polar surface area (TPSA) is 101 Å². The van der Waals surface area contributed by atoms with E-state index in [1.54, 1.807) is 38.1 Å². The lowest BCUT2D eigenvalue weighted by atomic mass is 9.88. The largest absolute Gasteiger partial charge is 0.497 e. The van der Waals surface area contributed by atoms with Crippen molar-refractivity contribution < 1.29 is 19.4 Å². The summed E-state index contributed by atoms with van der Waals surface area (Å²) >= 11 is 0.975. The Bertz CT molecular complexity index is 731. The van der Waals surface area contributed by atoms with Gasteiger partial charge in [-0.3, -0.25) is 9.59 Å². The average molecular weight is 335 g/mol. The zero-order valence-electron chi connectivity index (χ0n) is 13.0. The summed E-state index contributed by atoms with van der Waals surface area (Å²) in [4.78, 5) is 24.1. The van der Waals surface area contributed by atoms with Crippen LogP contribution in [0.4, 0.5) is 0 Å². The number of amides is 1. The van der Waals surface area contributed by atoms with E-state index in [2.05, 4.69) is 14.9 Å². The first-order valence-electron chi connectivity index (χ1n) is 6.83. The van der Waals surface area contributed by atoms with Crippen molar-refractivity contribution in [3.8, 4) is 5.75 Å². The minimum Gasteiger partial charge on any atom is -0.497 e. The highest BCUT2D eigenvalue weighted by molar-refractivity contribution is 7.08. The summed E-state index contributed by atoms with van der Waals surface area (Å²) in [5.41, 5.74) is 0.0620. The molecule has 1 heterocycles. The van der Waals surface area contributed by atoms with Gasteiger partial charge in [0.2, 0.25) is 0 Å². The smallest absolute Gasteiger partial charge is 0.306 e. The van der Waals surface area contributed by atoms with Gasteiger partial charge in [0.1, 0.15) is 10.6 Å². The van der Waals surface area contributed by atoms with Crippen molar-refractivity contribution in [1.82, 2.24) is 14.9 Å². The van der Waals surface area contributed by atoms with E-state index < -0.39 is 17.4 Å². The van der Waals surface area contributed by atoms with Crippen LogP contribution in [-0.2, 0) is 10.3 Å². The van der Waals surface area contributed by atoms with E-state index in [-0.39, 0.29) is 6.42 Å². The number of aryl methyl sites for hydroxylation is 1. The molecular formula is C15H17N3O4S. The van der Waals surface area contributed by atoms with Gasteiger partial charge in [0.05, 0.1) is 24.8 Å². The van der Waals surface area contributed by atoms with Gasteiger partial charge in [-0.05, 0) is 43.1 Å². The highest BCUT2D eigenvalue weighted by atomic mass is 32.1. The molecule has 1 atom stereocenters. The minimum absolute atomic E-state index is 0.267. The van der Waals surface area contributed by atoms with Crippen LogP contribution < -0.4 is 10.1 Å². The van der Waals surface area contributed by atoms with Gasteiger partial charge >= 0.3 is 5.97 Å². The van der Waals surface area contributed by atoms with E-state index >= 15 is 0 Å². The molecular weight excluding hydrogens is 318 g/mol. The first kappa shape index (κ1) is 16.9. The van der Waals surface area contributed by atoms with E-state index in [4.69, 9.17) is 4.74 Å². The van der Waals surface area contributed by atoms with Crippen LogP contribution in [0.5, 0.6) is 5.75 Å². The Balaban J connectivity index is 2.37. The average Bonchev–Trinajstić information content (AvgIpc) is 2.92. The van der Waals surface area contributed by atoms with Gasteiger partial charge in [0.15, 0.2) is 0 Å². The molecule has 0 fully saturated rings. The molecule has 122 valence electrons. The van der Waals surface area contributed by atoms with E-state index in [1.807, 2.05) is 0 Å². The number of carboxylic acid groups (broad SMARTS) is 1. The maximum atomic E-state index is 12.4. The monoisotopic (exact) mass is 335 g/mol. The fourth-order valence-corrected chi connectivity index (χ4v) is 2.79. The quantitative estimate of drug-likeness (QED) is 0.837. The molecule has 1 aromatic heterocycles. The molecule has 1 amide bonds. The number of benzene rings is 1. The lowest BCUT2D eigenvalue weighted by molar-refractivity contribution is -0.138. The van der Waals surface area contributed by atoms with Crippen LogP contribution in [0.1, 0.15) is 34.3 Å². The molecule has 0 bridgehead atoms. The van der Waals surface area contributed by atoms with Crippen molar-refractivity contribution in [2.45, 2.75) is 25.8 Å². The summed E-state index contributed by atoms with van der Waals surface area (Å²) in [5, 5.41) is 15.8. The predicted molar refractivity (Wildman–Crippen MR) is 84.7 cm³/mol. The van der Waals surface area contributed by atoms with Crippen LogP contribution in [0.15, 0.2) is 24.3 Å². The number of methoxy groups -OCH3 is 1. The Labute approximate surface area is 137 Å². The SMILES string of the molecule is COc1cccc(C(C)(CC(=O)O)NC(=O)c2snnc2C)c1. The predicted octanol–water partition coefficient (Wildman–Crippen LogP) is 1.98. The second-order valence-corrected chi connectivity index (χ2v) is 6.03. The molecule has 0 saturated heterocycles. The number of rotatable bonds is 6. The first-order valence-corrected chi connectivity index (χ1v) is 7.61. The van der Waals surface area contributed by atoms with Crippen LogP contribution in [0.25, 0.3) is 0 Å². The summed E-state index contributed by atoms with van der Waals surface area (Å²) < 4.78 is 8.90. The zero-order chi connectivity index (χ0) is 17.0. The summed E-state index contributed by atoms with van der Waals surface area (Å²) in [6.07, 6.45) is -0.267. The highest BCUT2D eigenvalue weighted by Gasteiger charge is 2.33. The number of aromatic nitrogens is 2. The number of hydrogen-bond acceptors (Lipinski definition) is 6. The van der Waals surface area contributed by atoms with Gasteiger partial charge in [-0.15, -0.1) is 5.10 Å². The molecule has 0 aliphatic rings. The first-order chi connectivity index (χ1) is 10.9. The number of carbonyl (C=O) groups excluding carboxylic acids is 1. The van der Waals surface area contributed by atoms with Crippen LogP contribution in [0.3, 0.4) is 0 Å². The van der Waals surface area contributed by atoms with Gasteiger partial charge in [-0.2, -0.15) is 0 Å². The number of carbonyl (C=O) groups is 2. The minimum atomic E-state index is -1.09. The maximum absolute atomic E-state index is 12.4. The highest BCUT2D eigenvalue weighted by Crippen LogP contribution is 2.28. The molecule has 1 aromatic carbocycles. The van der Waals surface area contributed by atoms with E-state index in [1.165, 1.54) is 7.11 Å². The number of carboxylic acids is 1. The van der Waals surface area contributed by atoms with Gasteiger partial charge in [0.25, 0.3) is 5.91 Å². The molecule has 0 aliphatic carbocycles. The van der Waals surface area contributed by atoms with E-state index in [0.29, 0.717) is 21.9 Å². The van der Waals surface area contributed by atoms with Gasteiger partial charge in [-0.1, -0.05) is 16.6 Å². The Morgan fingerprint density at radius 2 is 2.17 bits per heavy atom. The zero-order valence-corrected chi connectivity index (χ0v) is 13.8. The van der Waals surface area contributed by atoms with Crippen molar-refractivity contribution in [2.75, 3.05) is 7.11 Å². The summed E-state index contributed by atoms with van der Waals surface area (Å²) in [6.45, 7) is 3.34. The molecule has 23 heavy (non-hydrogen) atoms. The molecule has 0 aliphatic heterocycles. The molecule has 0 radical (unpaired) electrons. The normalized spacial score (nSPS) is 13.2. The van der Waals surface area contributed by atoms with E-state index in [0.717, 1.165) is 11.5 Å². The van der Waals surface area contributed by atoms with Crippen molar-refractivity contribution in [2.24, 2.45) is 0 Å².